The van der Waals surface area contributed by atoms with Crippen molar-refractivity contribution in [1.82, 2.24) is 10.2 Å². The van der Waals surface area contributed by atoms with Crippen molar-refractivity contribution in [3.63, 3.8) is 0 Å². The Balaban J connectivity index is 1.87. The largest absolute Gasteiger partial charge is 0.354 e. The minimum atomic E-state index is -0.697. The molecule has 3 rings (SSSR count). The molecule has 0 aromatic heterocycles. The fourth-order valence-electron chi connectivity index (χ4n) is 3.47. The van der Waals surface area contributed by atoms with Crippen molar-refractivity contribution in [3.05, 3.63) is 101 Å². The van der Waals surface area contributed by atoms with E-state index in [4.69, 9.17) is 11.6 Å². The van der Waals surface area contributed by atoms with E-state index in [1.807, 2.05) is 49.4 Å². The molecule has 3 aromatic carbocycles. The summed E-state index contributed by atoms with van der Waals surface area (Å²) >= 11 is 7.36. The molecule has 0 aliphatic rings. The van der Waals surface area contributed by atoms with E-state index in [1.54, 1.807) is 29.2 Å². The Morgan fingerprint density at radius 2 is 1.65 bits per heavy atom. The predicted molar refractivity (Wildman–Crippen MR) is 136 cm³/mol. The maximum Gasteiger partial charge on any atom is 0.243 e. The third-order valence-corrected chi connectivity index (χ3v) is 6.51. The molecule has 1 atom stereocenters. The predicted octanol–water partition coefficient (Wildman–Crippen LogP) is 5.74. The Morgan fingerprint density at radius 1 is 0.971 bits per heavy atom. The first kappa shape index (κ1) is 25.8. The molecule has 3 aromatic rings. The van der Waals surface area contributed by atoms with Crippen LogP contribution in [0.1, 0.15) is 24.5 Å². The number of hydrogen-bond acceptors (Lipinski definition) is 3. The van der Waals surface area contributed by atoms with E-state index in [0.717, 1.165) is 22.4 Å². The Morgan fingerprint density at radius 3 is 2.29 bits per heavy atom. The molecular weight excluding hydrogens is 471 g/mol. The van der Waals surface area contributed by atoms with Gasteiger partial charge in [-0.1, -0.05) is 61.0 Å². The summed E-state index contributed by atoms with van der Waals surface area (Å²) in [7, 11) is 0. The van der Waals surface area contributed by atoms with Crippen molar-refractivity contribution in [2.75, 3.05) is 12.3 Å². The molecule has 0 bridgehead atoms. The Kier molecular flexibility index (Phi) is 9.98. The number of hydrogen-bond donors (Lipinski definition) is 1. The lowest BCUT2D eigenvalue weighted by molar-refractivity contribution is -0.139. The average molecular weight is 499 g/mol. The second kappa shape index (κ2) is 13.2. The SMILES string of the molecule is CCCNC(=O)C(Cc1ccccc1)N(Cc1ccc(F)cc1)C(=O)CSc1ccc(Cl)cc1. The number of thioether (sulfide) groups is 1. The topological polar surface area (TPSA) is 49.4 Å². The van der Waals surface area contributed by atoms with Gasteiger partial charge in [-0.25, -0.2) is 4.39 Å². The number of halogens is 2. The monoisotopic (exact) mass is 498 g/mol. The van der Waals surface area contributed by atoms with Crippen molar-refractivity contribution in [2.24, 2.45) is 0 Å². The van der Waals surface area contributed by atoms with Crippen molar-refractivity contribution in [1.29, 1.82) is 0 Å². The normalized spacial score (nSPS) is 11.6. The van der Waals surface area contributed by atoms with Gasteiger partial charge in [0.25, 0.3) is 0 Å². The maximum atomic E-state index is 13.5. The van der Waals surface area contributed by atoms with E-state index in [0.29, 0.717) is 18.0 Å². The second-order valence-electron chi connectivity index (χ2n) is 7.89. The van der Waals surface area contributed by atoms with Gasteiger partial charge in [-0.15, -0.1) is 11.8 Å². The van der Waals surface area contributed by atoms with Gasteiger partial charge in [0.05, 0.1) is 5.75 Å². The van der Waals surface area contributed by atoms with E-state index in [-0.39, 0.29) is 29.9 Å². The third-order valence-electron chi connectivity index (χ3n) is 5.26. The van der Waals surface area contributed by atoms with Crippen molar-refractivity contribution in [2.45, 2.75) is 37.2 Å². The van der Waals surface area contributed by atoms with Crippen molar-refractivity contribution < 1.29 is 14.0 Å². The minimum absolute atomic E-state index is 0.162. The zero-order valence-corrected chi connectivity index (χ0v) is 20.6. The average Bonchev–Trinajstić information content (AvgIpc) is 2.86. The van der Waals surface area contributed by atoms with Gasteiger partial charge in [0, 0.05) is 29.4 Å². The van der Waals surface area contributed by atoms with Crippen LogP contribution in [0, 0.1) is 5.82 Å². The number of carbonyl (C=O) groups is 2. The molecule has 0 radical (unpaired) electrons. The molecule has 4 nitrogen and oxygen atoms in total. The fourth-order valence-corrected chi connectivity index (χ4v) is 4.38. The molecule has 0 fully saturated rings. The van der Waals surface area contributed by atoms with Crippen LogP contribution in [0.15, 0.2) is 83.8 Å². The summed E-state index contributed by atoms with van der Waals surface area (Å²) in [5.74, 6) is -0.550. The lowest BCUT2D eigenvalue weighted by Gasteiger charge is -2.31. The van der Waals surface area contributed by atoms with Crippen LogP contribution in [-0.2, 0) is 22.6 Å². The van der Waals surface area contributed by atoms with E-state index in [9.17, 15) is 14.0 Å². The Hall–Kier alpha value is -2.83. The molecule has 0 saturated carbocycles. The van der Waals surface area contributed by atoms with Crippen LogP contribution in [0.5, 0.6) is 0 Å². The third kappa shape index (κ3) is 7.89. The van der Waals surface area contributed by atoms with Crippen LogP contribution in [-0.4, -0.2) is 35.1 Å². The smallest absolute Gasteiger partial charge is 0.243 e. The van der Waals surface area contributed by atoms with Gasteiger partial charge in [0.15, 0.2) is 0 Å². The maximum absolute atomic E-state index is 13.5. The summed E-state index contributed by atoms with van der Waals surface area (Å²) < 4.78 is 13.5. The molecule has 0 saturated heterocycles. The number of benzene rings is 3. The number of rotatable bonds is 11. The van der Waals surface area contributed by atoms with Gasteiger partial charge in [-0.05, 0) is 53.9 Å². The molecule has 0 spiro atoms. The van der Waals surface area contributed by atoms with Gasteiger partial charge in [0.2, 0.25) is 11.8 Å². The summed E-state index contributed by atoms with van der Waals surface area (Å²) in [4.78, 5) is 29.2. The molecule has 34 heavy (non-hydrogen) atoms. The van der Waals surface area contributed by atoms with Crippen LogP contribution in [0.3, 0.4) is 0 Å². The lowest BCUT2D eigenvalue weighted by atomic mass is 10.0. The van der Waals surface area contributed by atoms with E-state index in [2.05, 4.69) is 5.32 Å². The molecule has 178 valence electrons. The first-order chi connectivity index (χ1) is 16.5. The summed E-state index contributed by atoms with van der Waals surface area (Å²) in [6, 6.07) is 22.2. The number of amides is 2. The summed E-state index contributed by atoms with van der Waals surface area (Å²) in [6.07, 6.45) is 1.18. The van der Waals surface area contributed by atoms with Gasteiger partial charge >= 0.3 is 0 Å². The zero-order chi connectivity index (χ0) is 24.3. The standard InChI is InChI=1S/C27H28ClFN2O2S/c1-2-16-30-27(33)25(17-20-6-4-3-5-7-20)31(18-21-8-12-23(29)13-9-21)26(32)19-34-24-14-10-22(28)11-15-24/h3-15,25H,2,16-19H2,1H3,(H,30,33). The number of carbonyl (C=O) groups excluding carboxylic acids is 2. The second-order valence-corrected chi connectivity index (χ2v) is 9.37. The van der Waals surface area contributed by atoms with Gasteiger partial charge in [-0.2, -0.15) is 0 Å². The van der Waals surface area contributed by atoms with Crippen LogP contribution in [0.2, 0.25) is 5.02 Å². The van der Waals surface area contributed by atoms with Crippen LogP contribution >= 0.6 is 23.4 Å². The first-order valence-electron chi connectivity index (χ1n) is 11.2. The molecule has 1 N–H and O–H groups in total. The van der Waals surface area contributed by atoms with Crippen LogP contribution in [0.4, 0.5) is 4.39 Å². The van der Waals surface area contributed by atoms with Gasteiger partial charge in [0.1, 0.15) is 11.9 Å². The van der Waals surface area contributed by atoms with E-state index >= 15 is 0 Å². The summed E-state index contributed by atoms with van der Waals surface area (Å²) in [6.45, 7) is 2.72. The zero-order valence-electron chi connectivity index (χ0n) is 19.0. The van der Waals surface area contributed by atoms with E-state index in [1.165, 1.54) is 23.9 Å². The highest BCUT2D eigenvalue weighted by atomic mass is 35.5. The number of nitrogens with one attached hydrogen (secondary N) is 1. The molecule has 0 aliphatic heterocycles. The van der Waals surface area contributed by atoms with Crippen molar-refractivity contribution >= 4 is 35.2 Å². The Bertz CT molecular complexity index is 1060. The highest BCUT2D eigenvalue weighted by Gasteiger charge is 2.30. The Labute approximate surface area is 209 Å². The first-order valence-corrected chi connectivity index (χ1v) is 12.6. The number of nitrogens with zero attached hydrogens (tertiary/aromatic N) is 1. The lowest BCUT2D eigenvalue weighted by Crippen LogP contribution is -2.51. The van der Waals surface area contributed by atoms with Crippen LogP contribution in [0.25, 0.3) is 0 Å². The molecule has 7 heteroatoms. The quantitative estimate of drug-likeness (QED) is 0.343. The van der Waals surface area contributed by atoms with Gasteiger partial charge in [-0.3, -0.25) is 9.59 Å². The minimum Gasteiger partial charge on any atom is -0.354 e. The van der Waals surface area contributed by atoms with E-state index < -0.39 is 6.04 Å². The fraction of sp³-hybridized carbons (Fsp3) is 0.259. The molecule has 2 amide bonds. The van der Waals surface area contributed by atoms with Gasteiger partial charge < -0.3 is 10.2 Å². The highest BCUT2D eigenvalue weighted by molar-refractivity contribution is 8.00. The summed E-state index contributed by atoms with van der Waals surface area (Å²) in [5, 5.41) is 3.58. The van der Waals surface area contributed by atoms with Crippen molar-refractivity contribution in [3.8, 4) is 0 Å². The summed E-state index contributed by atoms with van der Waals surface area (Å²) in [5.41, 5.74) is 1.72. The molecule has 0 aliphatic carbocycles. The molecule has 0 heterocycles. The van der Waals surface area contributed by atoms with Crippen LogP contribution < -0.4 is 5.32 Å². The molecular formula is C27H28ClFN2O2S. The molecule has 1 unspecified atom stereocenters. The highest BCUT2D eigenvalue weighted by Crippen LogP contribution is 2.23.